The van der Waals surface area contributed by atoms with E-state index in [1.807, 2.05) is 16.8 Å². The lowest BCUT2D eigenvalue weighted by Crippen LogP contribution is -2.45. The fraction of sp³-hybridized carbons (Fsp3) is 0.818. The summed E-state index contributed by atoms with van der Waals surface area (Å²) in [6, 6.07) is 0.517. The molecule has 6 heteroatoms. The molecule has 3 rings (SSSR count). The summed E-state index contributed by atoms with van der Waals surface area (Å²) < 4.78 is 0. The molecule has 1 N–H and O–H groups in total. The quantitative estimate of drug-likeness (QED) is 0.739. The van der Waals surface area contributed by atoms with Crippen LogP contribution in [0, 0.1) is 0 Å². The van der Waals surface area contributed by atoms with Crippen LogP contribution in [0.3, 0.4) is 0 Å². The summed E-state index contributed by atoms with van der Waals surface area (Å²) >= 11 is 0. The molecule has 2 bridgehead atoms. The first-order valence-electron chi connectivity index (χ1n) is 6.07. The minimum absolute atomic E-state index is 0.0177. The molecule has 0 spiro atoms. The molecule has 3 atom stereocenters. The average Bonchev–Trinajstić information content (AvgIpc) is 2.91. The van der Waals surface area contributed by atoms with Gasteiger partial charge in [-0.25, -0.2) is 4.79 Å². The molecular weight excluding hydrogens is 222 g/mol. The van der Waals surface area contributed by atoms with Gasteiger partial charge >= 0.3 is 6.03 Å². The molecule has 94 valence electrons. The van der Waals surface area contributed by atoms with Crippen molar-refractivity contribution < 1.29 is 14.7 Å². The monoisotopic (exact) mass is 239 g/mol. The summed E-state index contributed by atoms with van der Waals surface area (Å²) in [5.41, 5.74) is 0.908. The van der Waals surface area contributed by atoms with Gasteiger partial charge in [0.25, 0.3) is 0 Å². The van der Waals surface area contributed by atoms with Crippen molar-refractivity contribution in [3.63, 3.8) is 0 Å². The van der Waals surface area contributed by atoms with Gasteiger partial charge in [0.15, 0.2) is 6.10 Å². The molecule has 3 aliphatic heterocycles. The van der Waals surface area contributed by atoms with Crippen LogP contribution in [-0.4, -0.2) is 65.0 Å². The Kier molecular flexibility index (Phi) is 2.47. The van der Waals surface area contributed by atoms with E-state index in [1.54, 1.807) is 0 Å². The number of hydrogen-bond donors (Lipinski definition) is 1. The van der Waals surface area contributed by atoms with E-state index >= 15 is 0 Å². The second-order valence-electron chi connectivity index (χ2n) is 4.99. The van der Waals surface area contributed by atoms with Crippen LogP contribution in [0.1, 0.15) is 19.3 Å². The van der Waals surface area contributed by atoms with Crippen molar-refractivity contribution in [3.8, 4) is 0 Å². The maximum Gasteiger partial charge on any atom is 0.320 e. The summed E-state index contributed by atoms with van der Waals surface area (Å²) in [5, 5.41) is 13.1. The highest BCUT2D eigenvalue weighted by molar-refractivity contribution is 5.94. The lowest BCUT2D eigenvalue weighted by molar-refractivity contribution is 0.0390. The number of fused-ring (bicyclic) bond motifs is 2. The molecular formula is C11H17N3O3. The van der Waals surface area contributed by atoms with Crippen LogP contribution >= 0.6 is 0 Å². The number of likely N-dealkylation sites (N-methyl/N-ethyl adjacent to an activating group) is 1. The van der Waals surface area contributed by atoms with Crippen LogP contribution in [0.25, 0.3) is 0 Å². The molecule has 0 aromatic carbocycles. The maximum absolute atomic E-state index is 12.0. The van der Waals surface area contributed by atoms with E-state index in [4.69, 9.17) is 9.94 Å². The Morgan fingerprint density at radius 2 is 2.35 bits per heavy atom. The van der Waals surface area contributed by atoms with E-state index < -0.39 is 0 Å². The number of piperidine rings is 1. The summed E-state index contributed by atoms with van der Waals surface area (Å²) in [5.74, 6) is 0. The van der Waals surface area contributed by atoms with Crippen molar-refractivity contribution >= 4 is 11.7 Å². The molecule has 2 saturated heterocycles. The molecule has 2 amide bonds. The van der Waals surface area contributed by atoms with Gasteiger partial charge < -0.3 is 19.7 Å². The normalized spacial score (nSPS) is 36.2. The van der Waals surface area contributed by atoms with Gasteiger partial charge in [-0.1, -0.05) is 5.16 Å². The second-order valence-corrected chi connectivity index (χ2v) is 4.99. The SMILES string of the molecule is CN1C(=O)N2CC1CC[C@H]2C1=NO[C@@H](CO)C1. The van der Waals surface area contributed by atoms with Gasteiger partial charge in [0, 0.05) is 20.0 Å². The third-order valence-electron chi connectivity index (χ3n) is 4.00. The van der Waals surface area contributed by atoms with Gasteiger partial charge in [0.2, 0.25) is 0 Å². The number of aliphatic hydroxyl groups excluding tert-OH is 1. The van der Waals surface area contributed by atoms with E-state index in [9.17, 15) is 4.79 Å². The first-order valence-corrected chi connectivity index (χ1v) is 6.07. The lowest BCUT2D eigenvalue weighted by Gasteiger charge is -2.30. The van der Waals surface area contributed by atoms with E-state index in [0.717, 1.165) is 25.1 Å². The number of oxime groups is 1. The molecule has 17 heavy (non-hydrogen) atoms. The Bertz CT molecular complexity index is 371. The van der Waals surface area contributed by atoms with Crippen molar-refractivity contribution in [2.24, 2.45) is 5.16 Å². The molecule has 3 aliphatic rings. The molecule has 0 aromatic rings. The molecule has 3 heterocycles. The standard InChI is InChI=1S/C11H17N3O3/c1-13-7-2-3-10(14(5-7)11(13)16)9-4-8(6-15)17-12-9/h7-8,10,15H,2-6H2,1H3/t7?,8-,10+/m1/s1. The second kappa shape index (κ2) is 3.87. The van der Waals surface area contributed by atoms with Gasteiger partial charge in [0.05, 0.1) is 24.4 Å². The maximum atomic E-state index is 12.0. The van der Waals surface area contributed by atoms with Crippen LogP contribution in [0.4, 0.5) is 4.79 Å². The van der Waals surface area contributed by atoms with Crippen molar-refractivity contribution in [2.45, 2.75) is 37.5 Å². The predicted molar refractivity (Wildman–Crippen MR) is 60.7 cm³/mol. The zero-order chi connectivity index (χ0) is 12.0. The Morgan fingerprint density at radius 3 is 3.06 bits per heavy atom. The zero-order valence-corrected chi connectivity index (χ0v) is 9.87. The summed E-state index contributed by atoms with van der Waals surface area (Å²) in [7, 11) is 1.86. The minimum atomic E-state index is -0.224. The largest absolute Gasteiger partial charge is 0.392 e. The van der Waals surface area contributed by atoms with E-state index in [1.165, 1.54) is 0 Å². The number of nitrogens with zero attached hydrogens (tertiary/aromatic N) is 3. The van der Waals surface area contributed by atoms with Crippen molar-refractivity contribution in [3.05, 3.63) is 0 Å². The molecule has 2 fully saturated rings. The number of carbonyl (C=O) groups is 1. The lowest BCUT2D eigenvalue weighted by atomic mass is 9.94. The van der Waals surface area contributed by atoms with Gasteiger partial charge in [-0.05, 0) is 12.8 Å². The summed E-state index contributed by atoms with van der Waals surface area (Å²) in [4.78, 5) is 20.8. The van der Waals surface area contributed by atoms with Crippen LogP contribution < -0.4 is 0 Å². The Balaban J connectivity index is 1.75. The fourth-order valence-corrected chi connectivity index (χ4v) is 2.93. The summed E-state index contributed by atoms with van der Waals surface area (Å²) in [6.45, 7) is 0.777. The van der Waals surface area contributed by atoms with Gasteiger partial charge in [-0.15, -0.1) is 0 Å². The summed E-state index contributed by atoms with van der Waals surface area (Å²) in [6.07, 6.45) is 2.38. The number of carbonyl (C=O) groups excluding carboxylic acids is 1. The predicted octanol–water partition coefficient (Wildman–Crippen LogP) is 0.0220. The fourth-order valence-electron chi connectivity index (χ4n) is 2.93. The highest BCUT2D eigenvalue weighted by atomic mass is 16.6. The zero-order valence-electron chi connectivity index (χ0n) is 9.87. The topological polar surface area (TPSA) is 65.4 Å². The third kappa shape index (κ3) is 1.58. The average molecular weight is 239 g/mol. The van der Waals surface area contributed by atoms with Crippen molar-refractivity contribution in [1.29, 1.82) is 0 Å². The smallest absolute Gasteiger partial charge is 0.320 e. The highest BCUT2D eigenvalue weighted by Gasteiger charge is 2.45. The van der Waals surface area contributed by atoms with Crippen LogP contribution in [-0.2, 0) is 4.84 Å². The van der Waals surface area contributed by atoms with Crippen LogP contribution in [0.5, 0.6) is 0 Å². The van der Waals surface area contributed by atoms with Crippen molar-refractivity contribution in [1.82, 2.24) is 9.80 Å². The van der Waals surface area contributed by atoms with Gasteiger partial charge in [0.1, 0.15) is 0 Å². The number of urea groups is 1. The van der Waals surface area contributed by atoms with Gasteiger partial charge in [-0.2, -0.15) is 0 Å². The first kappa shape index (κ1) is 10.8. The Labute approximate surface area is 99.8 Å². The number of amides is 2. The van der Waals surface area contributed by atoms with Crippen molar-refractivity contribution in [2.75, 3.05) is 20.2 Å². The molecule has 0 aliphatic carbocycles. The molecule has 0 aromatic heterocycles. The van der Waals surface area contributed by atoms with Gasteiger partial charge in [-0.3, -0.25) is 0 Å². The number of aliphatic hydroxyl groups is 1. The minimum Gasteiger partial charge on any atom is -0.392 e. The Morgan fingerprint density at radius 1 is 1.53 bits per heavy atom. The van der Waals surface area contributed by atoms with Crippen LogP contribution in [0.15, 0.2) is 5.16 Å². The molecule has 0 saturated carbocycles. The molecule has 0 radical (unpaired) electrons. The van der Waals surface area contributed by atoms with E-state index in [0.29, 0.717) is 12.5 Å². The van der Waals surface area contributed by atoms with Crippen LogP contribution in [0.2, 0.25) is 0 Å². The Hall–Kier alpha value is -1.30. The van der Waals surface area contributed by atoms with E-state index in [-0.39, 0.29) is 24.8 Å². The molecule has 6 nitrogen and oxygen atoms in total. The van der Waals surface area contributed by atoms with E-state index in [2.05, 4.69) is 5.16 Å². The number of rotatable bonds is 2. The third-order valence-corrected chi connectivity index (χ3v) is 4.00. The first-order chi connectivity index (χ1) is 8.20. The molecule has 1 unspecified atom stereocenters. The number of hydrogen-bond acceptors (Lipinski definition) is 4. The highest BCUT2D eigenvalue weighted by Crippen LogP contribution is 2.31.